The molecule has 2 N–H and O–H groups in total. The number of benzene rings is 3. The lowest BCUT2D eigenvalue weighted by Gasteiger charge is -2.46. The Hall–Kier alpha value is -3.49. The van der Waals surface area contributed by atoms with Crippen LogP contribution in [0.15, 0.2) is 60.7 Å². The van der Waals surface area contributed by atoms with E-state index in [0.717, 1.165) is 30.4 Å². The minimum Gasteiger partial charge on any atom is -0.497 e. The van der Waals surface area contributed by atoms with Crippen LogP contribution in [0.4, 0.5) is 20.2 Å². The Morgan fingerprint density at radius 2 is 1.62 bits per heavy atom. The maximum absolute atomic E-state index is 14.3. The standard InChI is InChI=1S/C32H38F2N4O2/c1-23-20-26(37-16-4-3-5-17-37)9-12-28(23)31(39)38(25-7-10-27(40-2)11-8-25)32(35)14-18-36(19-15-32)22-24-6-13-29(33)30(34)21-24/h6-13,20-21H,3-5,14-19,22,35H2,1-2H3. The first-order chi connectivity index (χ1) is 19.3. The summed E-state index contributed by atoms with van der Waals surface area (Å²) in [6, 6.07) is 17.5. The first-order valence-corrected chi connectivity index (χ1v) is 14.1. The number of aryl methyl sites for hydroxylation is 1. The predicted molar refractivity (Wildman–Crippen MR) is 155 cm³/mol. The Balaban J connectivity index is 1.39. The Morgan fingerprint density at radius 3 is 2.25 bits per heavy atom. The molecule has 2 heterocycles. The second kappa shape index (κ2) is 11.9. The number of ether oxygens (including phenoxy) is 1. The Labute approximate surface area is 235 Å². The van der Waals surface area contributed by atoms with Crippen LogP contribution in [0.2, 0.25) is 0 Å². The number of hydrogen-bond donors (Lipinski definition) is 1. The predicted octanol–water partition coefficient (Wildman–Crippen LogP) is 5.87. The van der Waals surface area contributed by atoms with Gasteiger partial charge in [-0.05, 0) is 105 Å². The molecule has 0 atom stereocenters. The first kappa shape index (κ1) is 28.1. The van der Waals surface area contributed by atoms with Gasteiger partial charge in [0.1, 0.15) is 5.75 Å². The lowest BCUT2D eigenvalue weighted by molar-refractivity contribution is 0.0898. The summed E-state index contributed by atoms with van der Waals surface area (Å²) in [6.45, 7) is 5.78. The van der Waals surface area contributed by atoms with Crippen molar-refractivity contribution in [1.82, 2.24) is 4.90 Å². The van der Waals surface area contributed by atoms with Crippen LogP contribution in [0, 0.1) is 18.6 Å². The first-order valence-electron chi connectivity index (χ1n) is 14.1. The van der Waals surface area contributed by atoms with E-state index >= 15 is 0 Å². The fourth-order valence-corrected chi connectivity index (χ4v) is 5.88. The van der Waals surface area contributed by atoms with E-state index in [4.69, 9.17) is 10.5 Å². The molecule has 3 aromatic rings. The van der Waals surface area contributed by atoms with Gasteiger partial charge in [0.2, 0.25) is 0 Å². The van der Waals surface area contributed by atoms with E-state index in [-0.39, 0.29) is 5.91 Å². The third-order valence-electron chi connectivity index (χ3n) is 8.25. The van der Waals surface area contributed by atoms with Crippen LogP contribution in [0.25, 0.3) is 0 Å². The molecule has 2 fully saturated rings. The van der Waals surface area contributed by atoms with Crippen LogP contribution >= 0.6 is 0 Å². The normalized spacial score (nSPS) is 17.5. The van der Waals surface area contributed by atoms with Gasteiger partial charge in [0, 0.05) is 49.7 Å². The van der Waals surface area contributed by atoms with Gasteiger partial charge in [-0.1, -0.05) is 6.07 Å². The molecule has 2 aliphatic rings. The number of carbonyl (C=O) groups excluding carboxylic acids is 1. The fraction of sp³-hybridized carbons (Fsp3) is 0.406. The number of carbonyl (C=O) groups is 1. The Bertz CT molecular complexity index is 1330. The Kier molecular flexibility index (Phi) is 8.38. The van der Waals surface area contributed by atoms with Gasteiger partial charge in [-0.2, -0.15) is 0 Å². The highest BCUT2D eigenvalue weighted by Crippen LogP contribution is 2.34. The van der Waals surface area contributed by atoms with Gasteiger partial charge in [-0.15, -0.1) is 0 Å². The van der Waals surface area contributed by atoms with E-state index in [1.54, 1.807) is 18.1 Å². The van der Waals surface area contributed by atoms with E-state index in [9.17, 15) is 13.6 Å². The molecule has 2 aliphatic heterocycles. The van der Waals surface area contributed by atoms with Crippen molar-refractivity contribution in [1.29, 1.82) is 0 Å². The third-order valence-corrected chi connectivity index (χ3v) is 8.25. The van der Waals surface area contributed by atoms with E-state index in [0.29, 0.717) is 55.0 Å². The number of hydrogen-bond acceptors (Lipinski definition) is 5. The highest BCUT2D eigenvalue weighted by molar-refractivity contribution is 6.08. The van der Waals surface area contributed by atoms with Gasteiger partial charge >= 0.3 is 0 Å². The maximum atomic E-state index is 14.3. The number of likely N-dealkylation sites (tertiary alicyclic amines) is 1. The summed E-state index contributed by atoms with van der Waals surface area (Å²) in [5.74, 6) is -1.13. The summed E-state index contributed by atoms with van der Waals surface area (Å²) in [5, 5.41) is 0. The molecule has 0 saturated carbocycles. The van der Waals surface area contributed by atoms with Gasteiger partial charge in [-0.25, -0.2) is 8.78 Å². The number of piperidine rings is 2. The average Bonchev–Trinajstić information content (AvgIpc) is 2.97. The molecule has 0 bridgehead atoms. The number of nitrogens with two attached hydrogens (primary N) is 1. The summed E-state index contributed by atoms with van der Waals surface area (Å²) in [4.78, 5) is 20.6. The van der Waals surface area contributed by atoms with Crippen LogP contribution in [-0.2, 0) is 6.54 Å². The van der Waals surface area contributed by atoms with Gasteiger partial charge in [0.05, 0.1) is 12.8 Å². The third kappa shape index (κ3) is 5.98. The average molecular weight is 549 g/mol. The van der Waals surface area contributed by atoms with Crippen molar-refractivity contribution in [2.45, 2.75) is 51.2 Å². The summed E-state index contributed by atoms with van der Waals surface area (Å²) < 4.78 is 32.5. The summed E-state index contributed by atoms with van der Waals surface area (Å²) in [5.41, 5.74) is 10.3. The van der Waals surface area contributed by atoms with E-state index in [1.165, 1.54) is 25.3 Å². The van der Waals surface area contributed by atoms with Gasteiger partial charge < -0.3 is 15.4 Å². The lowest BCUT2D eigenvalue weighted by atomic mass is 9.93. The van der Waals surface area contributed by atoms with Crippen LogP contribution in [0.3, 0.4) is 0 Å². The van der Waals surface area contributed by atoms with Crippen LogP contribution in [0.1, 0.15) is 53.6 Å². The van der Waals surface area contributed by atoms with Gasteiger partial charge in [0.25, 0.3) is 5.91 Å². The van der Waals surface area contributed by atoms with Crippen LogP contribution in [0.5, 0.6) is 5.75 Å². The smallest absolute Gasteiger partial charge is 0.260 e. The lowest BCUT2D eigenvalue weighted by Crippen LogP contribution is -2.63. The summed E-state index contributed by atoms with van der Waals surface area (Å²) >= 11 is 0. The molecule has 5 rings (SSSR count). The molecule has 6 nitrogen and oxygen atoms in total. The molecule has 2 saturated heterocycles. The molecule has 0 unspecified atom stereocenters. The zero-order valence-electron chi connectivity index (χ0n) is 23.3. The summed E-state index contributed by atoms with van der Waals surface area (Å²) in [6.07, 6.45) is 4.69. The largest absolute Gasteiger partial charge is 0.497 e. The van der Waals surface area contributed by atoms with Crippen molar-refractivity contribution < 1.29 is 18.3 Å². The van der Waals surface area contributed by atoms with E-state index in [1.807, 2.05) is 43.3 Å². The molecular weight excluding hydrogens is 510 g/mol. The number of amides is 1. The molecule has 3 aromatic carbocycles. The second-order valence-corrected chi connectivity index (χ2v) is 11.0. The van der Waals surface area contributed by atoms with Crippen molar-refractivity contribution >= 4 is 17.3 Å². The van der Waals surface area contributed by atoms with Crippen molar-refractivity contribution in [2.75, 3.05) is 43.1 Å². The second-order valence-electron chi connectivity index (χ2n) is 11.0. The van der Waals surface area contributed by atoms with Crippen LogP contribution in [-0.4, -0.2) is 49.8 Å². The SMILES string of the molecule is COc1ccc(N(C(=O)c2ccc(N3CCCCC3)cc2C)C2(N)CCN(Cc3ccc(F)c(F)c3)CC2)cc1. The quantitative estimate of drug-likeness (QED) is 0.374. The molecule has 0 radical (unpaired) electrons. The van der Waals surface area contributed by atoms with Crippen molar-refractivity contribution in [2.24, 2.45) is 5.73 Å². The van der Waals surface area contributed by atoms with Gasteiger partial charge in [-0.3, -0.25) is 14.6 Å². The molecule has 0 aliphatic carbocycles. The van der Waals surface area contributed by atoms with E-state index in [2.05, 4.69) is 15.9 Å². The highest BCUT2D eigenvalue weighted by Gasteiger charge is 2.41. The number of halogens is 2. The fourth-order valence-electron chi connectivity index (χ4n) is 5.88. The monoisotopic (exact) mass is 548 g/mol. The molecule has 212 valence electrons. The number of anilines is 2. The molecule has 8 heteroatoms. The van der Waals surface area contributed by atoms with Crippen LogP contribution < -0.4 is 20.3 Å². The van der Waals surface area contributed by atoms with Crippen molar-refractivity contribution in [3.05, 3.63) is 89.0 Å². The molecular formula is C32H38F2N4O2. The molecule has 1 amide bonds. The molecule has 0 spiro atoms. The molecule has 40 heavy (non-hydrogen) atoms. The minimum atomic E-state index is -0.922. The van der Waals surface area contributed by atoms with Gasteiger partial charge in [0.15, 0.2) is 11.6 Å². The summed E-state index contributed by atoms with van der Waals surface area (Å²) in [7, 11) is 1.61. The van der Waals surface area contributed by atoms with E-state index < -0.39 is 17.3 Å². The number of methoxy groups -OCH3 is 1. The number of nitrogens with zero attached hydrogens (tertiary/aromatic N) is 3. The maximum Gasteiger partial charge on any atom is 0.260 e. The zero-order chi connectivity index (χ0) is 28.3. The zero-order valence-corrected chi connectivity index (χ0v) is 23.3. The topological polar surface area (TPSA) is 62.0 Å². The Morgan fingerprint density at radius 1 is 0.925 bits per heavy atom. The number of rotatable bonds is 7. The van der Waals surface area contributed by atoms with Crippen molar-refractivity contribution in [3.8, 4) is 5.75 Å². The molecule has 0 aromatic heterocycles. The minimum absolute atomic E-state index is 0.135. The van der Waals surface area contributed by atoms with Crippen molar-refractivity contribution in [3.63, 3.8) is 0 Å². The highest BCUT2D eigenvalue weighted by atomic mass is 19.2.